The number of carbonyl (C=O) groups excluding carboxylic acids is 1. The minimum absolute atomic E-state index is 0.00307. The average molecular weight is 397 g/mol. The van der Waals surface area contributed by atoms with Crippen molar-refractivity contribution in [2.24, 2.45) is 0 Å². The number of thioether (sulfide) groups is 1. The fourth-order valence-electron chi connectivity index (χ4n) is 2.85. The van der Waals surface area contributed by atoms with Gasteiger partial charge in [0.2, 0.25) is 18.6 Å². The number of carbonyl (C=O) groups is 1. The lowest BCUT2D eigenvalue weighted by Gasteiger charge is -2.20. The third kappa shape index (κ3) is 3.96. The van der Waals surface area contributed by atoms with Crippen molar-refractivity contribution in [3.63, 3.8) is 0 Å². The molecule has 0 fully saturated rings. The van der Waals surface area contributed by atoms with E-state index in [0.717, 1.165) is 11.1 Å². The number of rotatable bonds is 6. The van der Waals surface area contributed by atoms with E-state index in [1.807, 2.05) is 43.3 Å². The van der Waals surface area contributed by atoms with Crippen molar-refractivity contribution in [3.05, 3.63) is 54.1 Å². The van der Waals surface area contributed by atoms with Crippen LogP contribution >= 0.6 is 11.8 Å². The first-order valence-electron chi connectivity index (χ1n) is 8.79. The van der Waals surface area contributed by atoms with Gasteiger partial charge in [-0.05, 0) is 30.7 Å². The smallest absolute Gasteiger partial charge is 0.277 e. The molecule has 1 aromatic heterocycles. The first-order valence-corrected chi connectivity index (χ1v) is 9.67. The van der Waals surface area contributed by atoms with Crippen LogP contribution in [0.2, 0.25) is 0 Å². The van der Waals surface area contributed by atoms with Gasteiger partial charge in [-0.15, -0.1) is 10.2 Å². The summed E-state index contributed by atoms with van der Waals surface area (Å²) in [6.07, 6.45) is 0. The highest BCUT2D eigenvalue weighted by Gasteiger charge is 2.22. The molecule has 0 radical (unpaired) electrons. The first-order chi connectivity index (χ1) is 13.6. The van der Waals surface area contributed by atoms with E-state index >= 15 is 0 Å². The van der Waals surface area contributed by atoms with E-state index in [1.165, 1.54) is 11.8 Å². The van der Waals surface area contributed by atoms with Crippen molar-refractivity contribution in [2.45, 2.75) is 23.9 Å². The zero-order chi connectivity index (χ0) is 19.5. The molecule has 3 aromatic rings. The van der Waals surface area contributed by atoms with Gasteiger partial charge in [0, 0.05) is 19.2 Å². The molecule has 1 aliphatic heterocycles. The maximum absolute atomic E-state index is 12.6. The lowest BCUT2D eigenvalue weighted by Crippen LogP contribution is -2.32. The van der Waals surface area contributed by atoms with E-state index in [9.17, 15) is 4.79 Å². The summed E-state index contributed by atoms with van der Waals surface area (Å²) < 4.78 is 16.4. The van der Waals surface area contributed by atoms with E-state index < -0.39 is 0 Å². The van der Waals surface area contributed by atoms with E-state index in [4.69, 9.17) is 13.9 Å². The molecule has 0 bridgehead atoms. The zero-order valence-electron chi connectivity index (χ0n) is 15.5. The number of amides is 1. The molecule has 1 unspecified atom stereocenters. The van der Waals surface area contributed by atoms with Crippen molar-refractivity contribution in [2.75, 3.05) is 13.8 Å². The van der Waals surface area contributed by atoms with Crippen molar-refractivity contribution < 1.29 is 18.7 Å². The zero-order valence-corrected chi connectivity index (χ0v) is 16.3. The SMILES string of the molecule is CC(Sc1nnc(-c2ccc3c(c2)OCO3)o1)C(=O)N(C)Cc1ccccc1. The lowest BCUT2D eigenvalue weighted by molar-refractivity contribution is -0.129. The molecule has 0 aliphatic carbocycles. The largest absolute Gasteiger partial charge is 0.454 e. The number of hydrogen-bond acceptors (Lipinski definition) is 7. The molecule has 8 heteroatoms. The molecular formula is C20H19N3O4S. The predicted molar refractivity (Wildman–Crippen MR) is 104 cm³/mol. The summed E-state index contributed by atoms with van der Waals surface area (Å²) in [5.74, 6) is 1.71. The van der Waals surface area contributed by atoms with Gasteiger partial charge in [-0.1, -0.05) is 42.1 Å². The summed E-state index contributed by atoms with van der Waals surface area (Å²) in [4.78, 5) is 14.3. The van der Waals surface area contributed by atoms with E-state index in [1.54, 1.807) is 24.1 Å². The summed E-state index contributed by atoms with van der Waals surface area (Å²) in [6, 6.07) is 15.3. The van der Waals surface area contributed by atoms with E-state index in [-0.39, 0.29) is 18.0 Å². The van der Waals surface area contributed by atoms with E-state index in [0.29, 0.717) is 29.2 Å². The van der Waals surface area contributed by atoms with Crippen LogP contribution in [-0.2, 0) is 11.3 Å². The fourth-order valence-corrected chi connectivity index (χ4v) is 3.65. The molecule has 7 nitrogen and oxygen atoms in total. The van der Waals surface area contributed by atoms with Gasteiger partial charge >= 0.3 is 0 Å². The number of nitrogens with zero attached hydrogens (tertiary/aromatic N) is 3. The van der Waals surface area contributed by atoms with Crippen LogP contribution in [0.3, 0.4) is 0 Å². The molecule has 1 atom stereocenters. The van der Waals surface area contributed by atoms with Gasteiger partial charge < -0.3 is 18.8 Å². The Balaban J connectivity index is 1.39. The topological polar surface area (TPSA) is 77.7 Å². The van der Waals surface area contributed by atoms with Crippen LogP contribution in [-0.4, -0.2) is 40.1 Å². The Morgan fingerprint density at radius 1 is 1.14 bits per heavy atom. The Labute approximate surface area is 166 Å². The highest BCUT2D eigenvalue weighted by molar-refractivity contribution is 8.00. The van der Waals surface area contributed by atoms with Gasteiger partial charge in [0.15, 0.2) is 11.5 Å². The number of ether oxygens (including phenoxy) is 2. The molecule has 144 valence electrons. The van der Waals surface area contributed by atoms with Crippen LogP contribution in [0, 0.1) is 0 Å². The molecule has 0 N–H and O–H groups in total. The normalized spacial score (nSPS) is 13.4. The van der Waals surface area contributed by atoms with Gasteiger partial charge in [-0.3, -0.25) is 4.79 Å². The molecule has 1 aliphatic rings. The van der Waals surface area contributed by atoms with Crippen molar-refractivity contribution in [1.29, 1.82) is 0 Å². The lowest BCUT2D eigenvalue weighted by atomic mass is 10.2. The molecule has 2 heterocycles. The quantitative estimate of drug-likeness (QED) is 0.588. The Hall–Kier alpha value is -3.00. The minimum Gasteiger partial charge on any atom is -0.454 e. The van der Waals surface area contributed by atoms with Crippen LogP contribution in [0.4, 0.5) is 0 Å². The summed E-state index contributed by atoms with van der Waals surface area (Å²) in [7, 11) is 1.79. The van der Waals surface area contributed by atoms with Gasteiger partial charge in [0.25, 0.3) is 5.22 Å². The molecule has 1 amide bonds. The number of fused-ring (bicyclic) bond motifs is 1. The molecular weight excluding hydrogens is 378 g/mol. The standard InChI is InChI=1S/C20H19N3O4S/c1-13(19(24)23(2)11-14-6-4-3-5-7-14)28-20-22-21-18(27-20)15-8-9-16-17(10-15)26-12-25-16/h3-10,13H,11-12H2,1-2H3. The maximum Gasteiger partial charge on any atom is 0.277 e. The second-order valence-electron chi connectivity index (χ2n) is 6.38. The Morgan fingerprint density at radius 3 is 2.75 bits per heavy atom. The van der Waals surface area contributed by atoms with Crippen molar-refractivity contribution in [3.8, 4) is 23.0 Å². The average Bonchev–Trinajstić information content (AvgIpc) is 3.36. The molecule has 0 spiro atoms. The monoisotopic (exact) mass is 397 g/mol. The fraction of sp³-hybridized carbons (Fsp3) is 0.250. The molecule has 0 saturated heterocycles. The first kappa shape index (κ1) is 18.4. The third-order valence-electron chi connectivity index (χ3n) is 4.29. The maximum atomic E-state index is 12.6. The van der Waals surface area contributed by atoms with Crippen LogP contribution < -0.4 is 9.47 Å². The molecule has 2 aromatic carbocycles. The Kier molecular flexibility index (Phi) is 5.21. The third-order valence-corrected chi connectivity index (χ3v) is 5.21. The Morgan fingerprint density at radius 2 is 1.93 bits per heavy atom. The Bertz CT molecular complexity index is 977. The van der Waals surface area contributed by atoms with Gasteiger partial charge in [-0.25, -0.2) is 0 Å². The highest BCUT2D eigenvalue weighted by Crippen LogP contribution is 2.36. The second kappa shape index (κ2) is 7.93. The molecule has 0 saturated carbocycles. The van der Waals surface area contributed by atoms with Crippen molar-refractivity contribution in [1.82, 2.24) is 15.1 Å². The molecule has 28 heavy (non-hydrogen) atoms. The van der Waals surface area contributed by atoms with Crippen molar-refractivity contribution >= 4 is 17.7 Å². The van der Waals surface area contributed by atoms with Crippen LogP contribution in [0.5, 0.6) is 11.5 Å². The molecule has 4 rings (SSSR count). The van der Waals surface area contributed by atoms with E-state index in [2.05, 4.69) is 10.2 Å². The summed E-state index contributed by atoms with van der Waals surface area (Å²) >= 11 is 1.24. The number of aromatic nitrogens is 2. The summed E-state index contributed by atoms with van der Waals surface area (Å²) in [5, 5.41) is 8.13. The highest BCUT2D eigenvalue weighted by atomic mass is 32.2. The summed E-state index contributed by atoms with van der Waals surface area (Å²) in [6.45, 7) is 2.59. The van der Waals surface area contributed by atoms with Crippen LogP contribution in [0.15, 0.2) is 58.2 Å². The number of benzene rings is 2. The second-order valence-corrected chi connectivity index (χ2v) is 7.67. The number of hydrogen-bond donors (Lipinski definition) is 0. The van der Waals surface area contributed by atoms with Gasteiger partial charge in [0.1, 0.15) is 0 Å². The minimum atomic E-state index is -0.348. The predicted octanol–water partition coefficient (Wildman–Crippen LogP) is 3.60. The summed E-state index contributed by atoms with van der Waals surface area (Å²) in [5.41, 5.74) is 1.82. The van der Waals surface area contributed by atoms with Crippen LogP contribution in [0.1, 0.15) is 12.5 Å². The van der Waals surface area contributed by atoms with Gasteiger partial charge in [-0.2, -0.15) is 0 Å². The van der Waals surface area contributed by atoms with Crippen LogP contribution in [0.25, 0.3) is 11.5 Å². The van der Waals surface area contributed by atoms with Gasteiger partial charge in [0.05, 0.1) is 5.25 Å².